The van der Waals surface area contributed by atoms with Crippen molar-refractivity contribution >= 4 is 34.4 Å². The topological polar surface area (TPSA) is 61.8 Å². The van der Waals surface area contributed by atoms with E-state index in [-0.39, 0.29) is 24.2 Å². The van der Waals surface area contributed by atoms with Crippen molar-refractivity contribution in [3.63, 3.8) is 0 Å². The van der Waals surface area contributed by atoms with Crippen LogP contribution in [0.5, 0.6) is 0 Å². The van der Waals surface area contributed by atoms with E-state index in [1.165, 1.54) is 5.56 Å². The van der Waals surface area contributed by atoms with Crippen LogP contribution < -0.4 is 10.2 Å². The minimum atomic E-state index is -0.303. The second-order valence-corrected chi connectivity index (χ2v) is 6.53. The van der Waals surface area contributed by atoms with Gasteiger partial charge in [0.1, 0.15) is 0 Å². The minimum Gasteiger partial charge on any atom is -0.312 e. The van der Waals surface area contributed by atoms with Gasteiger partial charge in [-0.1, -0.05) is 30.8 Å². The fourth-order valence-electron chi connectivity index (χ4n) is 2.66. The summed E-state index contributed by atoms with van der Waals surface area (Å²) in [5.41, 5.74) is 2.10. The summed E-state index contributed by atoms with van der Waals surface area (Å²) in [7, 11) is 0. The van der Waals surface area contributed by atoms with Crippen LogP contribution in [0.4, 0.5) is 5.69 Å². The molecular formula is C16H19N3O2S. The van der Waals surface area contributed by atoms with Gasteiger partial charge in [-0.25, -0.2) is 0 Å². The van der Waals surface area contributed by atoms with Gasteiger partial charge in [-0.05, 0) is 24.1 Å². The Morgan fingerprint density at radius 2 is 2.18 bits per heavy atom. The molecule has 116 valence electrons. The molecule has 0 spiro atoms. The molecule has 1 saturated heterocycles. The van der Waals surface area contributed by atoms with Crippen molar-refractivity contribution in [2.24, 2.45) is 10.9 Å². The fraction of sp³-hybridized carbons (Fsp3) is 0.438. The maximum atomic E-state index is 12.2. The zero-order chi connectivity index (χ0) is 15.5. The maximum Gasteiger partial charge on any atom is 0.231 e. The normalized spacial score (nSPS) is 21.1. The van der Waals surface area contributed by atoms with E-state index in [1.807, 2.05) is 24.3 Å². The van der Waals surface area contributed by atoms with E-state index in [0.717, 1.165) is 24.4 Å². The smallest absolute Gasteiger partial charge is 0.231 e. The van der Waals surface area contributed by atoms with Crippen LogP contribution in [0, 0.1) is 5.92 Å². The lowest BCUT2D eigenvalue weighted by Gasteiger charge is -2.17. The highest BCUT2D eigenvalue weighted by molar-refractivity contribution is 8.14. The number of aliphatic imine (C=N–C) groups is 1. The average Bonchev–Trinajstić information content (AvgIpc) is 3.17. The number of anilines is 1. The quantitative estimate of drug-likeness (QED) is 0.925. The Kier molecular flexibility index (Phi) is 4.47. The summed E-state index contributed by atoms with van der Waals surface area (Å²) < 4.78 is 0. The van der Waals surface area contributed by atoms with Gasteiger partial charge in [0.15, 0.2) is 5.17 Å². The molecule has 1 N–H and O–H groups in total. The highest BCUT2D eigenvalue weighted by Crippen LogP contribution is 2.26. The number of thioether (sulfide) groups is 1. The molecule has 0 aliphatic carbocycles. The van der Waals surface area contributed by atoms with Crippen LogP contribution in [-0.2, 0) is 16.0 Å². The van der Waals surface area contributed by atoms with Crippen LogP contribution in [0.15, 0.2) is 29.3 Å². The van der Waals surface area contributed by atoms with E-state index in [1.54, 1.807) is 16.7 Å². The van der Waals surface area contributed by atoms with Gasteiger partial charge in [-0.15, -0.1) is 0 Å². The summed E-state index contributed by atoms with van der Waals surface area (Å²) in [6.07, 6.45) is 1.23. The molecule has 1 atom stereocenters. The molecule has 0 aromatic heterocycles. The highest BCUT2D eigenvalue weighted by atomic mass is 32.2. The Morgan fingerprint density at radius 1 is 1.41 bits per heavy atom. The molecule has 0 radical (unpaired) electrons. The number of carbonyl (C=O) groups excluding carboxylic acids is 2. The number of rotatable bonds is 3. The number of amidine groups is 1. The van der Waals surface area contributed by atoms with Crippen LogP contribution in [0.3, 0.4) is 0 Å². The van der Waals surface area contributed by atoms with Crippen molar-refractivity contribution in [1.82, 2.24) is 5.32 Å². The first kappa shape index (κ1) is 15.1. The molecule has 1 fully saturated rings. The second kappa shape index (κ2) is 6.52. The standard InChI is InChI=1S/C16H19N3O2S/c1-2-11-3-5-13(6-4-11)19-10-12(9-14(19)20)15(21)18-16-17-7-8-22-16/h3-6,12H,2,7-10H2,1H3,(H,17,18,21)/t12-/m0/s1. The van der Waals surface area contributed by atoms with Crippen LogP contribution in [0.1, 0.15) is 18.9 Å². The molecule has 6 heteroatoms. The third-order valence-electron chi connectivity index (χ3n) is 3.97. The van der Waals surface area contributed by atoms with Gasteiger partial charge >= 0.3 is 0 Å². The number of hydrogen-bond donors (Lipinski definition) is 1. The predicted octanol–water partition coefficient (Wildman–Crippen LogP) is 1.82. The van der Waals surface area contributed by atoms with Crippen LogP contribution in [0.2, 0.25) is 0 Å². The molecule has 0 bridgehead atoms. The number of nitrogens with one attached hydrogen (secondary N) is 1. The summed E-state index contributed by atoms with van der Waals surface area (Å²) in [5.74, 6) is 0.511. The van der Waals surface area contributed by atoms with Gasteiger partial charge in [0.25, 0.3) is 0 Å². The zero-order valence-corrected chi connectivity index (χ0v) is 13.4. The van der Waals surface area contributed by atoms with Crippen LogP contribution in [0.25, 0.3) is 0 Å². The van der Waals surface area contributed by atoms with Crippen molar-refractivity contribution in [3.8, 4) is 0 Å². The molecule has 22 heavy (non-hydrogen) atoms. The molecule has 2 amide bonds. The maximum absolute atomic E-state index is 12.2. The molecule has 0 unspecified atom stereocenters. The Balaban J connectivity index is 1.65. The SMILES string of the molecule is CCc1ccc(N2C[C@@H](C(=O)NC3=NCCS3)CC2=O)cc1. The Morgan fingerprint density at radius 3 is 2.82 bits per heavy atom. The van der Waals surface area contributed by atoms with E-state index in [9.17, 15) is 9.59 Å². The third kappa shape index (κ3) is 3.16. The Hall–Kier alpha value is -1.82. The lowest BCUT2D eigenvalue weighted by atomic mass is 10.1. The Bertz CT molecular complexity index is 612. The first-order valence-electron chi connectivity index (χ1n) is 7.55. The summed E-state index contributed by atoms with van der Waals surface area (Å²) in [6.45, 7) is 3.29. The summed E-state index contributed by atoms with van der Waals surface area (Å²) in [6, 6.07) is 7.96. The predicted molar refractivity (Wildman–Crippen MR) is 89.2 cm³/mol. The first-order valence-corrected chi connectivity index (χ1v) is 8.53. The van der Waals surface area contributed by atoms with Crippen molar-refractivity contribution in [2.45, 2.75) is 19.8 Å². The number of hydrogen-bond acceptors (Lipinski definition) is 4. The third-order valence-corrected chi connectivity index (χ3v) is 4.86. The first-order chi connectivity index (χ1) is 10.7. The zero-order valence-electron chi connectivity index (χ0n) is 12.5. The fourth-order valence-corrected chi connectivity index (χ4v) is 3.39. The van der Waals surface area contributed by atoms with E-state index in [0.29, 0.717) is 11.7 Å². The van der Waals surface area contributed by atoms with Crippen molar-refractivity contribution in [1.29, 1.82) is 0 Å². The number of carbonyl (C=O) groups is 2. The number of amides is 2. The molecule has 5 nitrogen and oxygen atoms in total. The van der Waals surface area contributed by atoms with Crippen molar-refractivity contribution in [3.05, 3.63) is 29.8 Å². The monoisotopic (exact) mass is 317 g/mol. The summed E-state index contributed by atoms with van der Waals surface area (Å²) in [5, 5.41) is 3.51. The van der Waals surface area contributed by atoms with Gasteiger partial charge in [-0.2, -0.15) is 0 Å². The average molecular weight is 317 g/mol. The largest absolute Gasteiger partial charge is 0.312 e. The van der Waals surface area contributed by atoms with Gasteiger partial charge in [-0.3, -0.25) is 14.6 Å². The minimum absolute atomic E-state index is 0.00501. The number of nitrogens with zero attached hydrogens (tertiary/aromatic N) is 2. The highest BCUT2D eigenvalue weighted by Gasteiger charge is 2.35. The molecule has 2 aliphatic heterocycles. The molecule has 2 heterocycles. The lowest BCUT2D eigenvalue weighted by Crippen LogP contribution is -2.35. The molecule has 0 saturated carbocycles. The summed E-state index contributed by atoms with van der Waals surface area (Å²) in [4.78, 5) is 30.3. The van der Waals surface area contributed by atoms with Gasteiger partial charge in [0.05, 0.1) is 12.5 Å². The van der Waals surface area contributed by atoms with Crippen molar-refractivity contribution < 1.29 is 9.59 Å². The molecule has 3 rings (SSSR count). The number of aryl methyl sites for hydroxylation is 1. The Labute approximate surface area is 134 Å². The van der Waals surface area contributed by atoms with Crippen LogP contribution in [-0.4, -0.2) is 35.8 Å². The molecule has 1 aromatic carbocycles. The molecular weight excluding hydrogens is 298 g/mol. The molecule has 1 aromatic rings. The van der Waals surface area contributed by atoms with Gasteiger partial charge in [0.2, 0.25) is 11.8 Å². The van der Waals surface area contributed by atoms with E-state index < -0.39 is 0 Å². The second-order valence-electron chi connectivity index (χ2n) is 5.45. The van der Waals surface area contributed by atoms with Gasteiger partial charge < -0.3 is 10.2 Å². The van der Waals surface area contributed by atoms with Crippen LogP contribution >= 0.6 is 11.8 Å². The summed E-state index contributed by atoms with van der Waals surface area (Å²) >= 11 is 1.55. The van der Waals surface area contributed by atoms with E-state index in [2.05, 4.69) is 17.2 Å². The van der Waals surface area contributed by atoms with Gasteiger partial charge in [0, 0.05) is 24.4 Å². The van der Waals surface area contributed by atoms with Crippen molar-refractivity contribution in [2.75, 3.05) is 23.7 Å². The number of benzene rings is 1. The lowest BCUT2D eigenvalue weighted by molar-refractivity contribution is -0.125. The van der Waals surface area contributed by atoms with E-state index >= 15 is 0 Å². The molecule has 2 aliphatic rings. The van der Waals surface area contributed by atoms with E-state index in [4.69, 9.17) is 0 Å².